The van der Waals surface area contributed by atoms with Gasteiger partial charge in [0.05, 0.1) is 10.0 Å². The van der Waals surface area contributed by atoms with Crippen LogP contribution in [0.2, 0.25) is 10.0 Å². The highest BCUT2D eigenvalue weighted by Crippen LogP contribution is 2.31. The average molecular weight is 345 g/mol. The van der Waals surface area contributed by atoms with Crippen molar-refractivity contribution in [1.82, 2.24) is 19.9 Å². The number of nitrogens with one attached hydrogen (secondary N) is 2. The number of hydrogen-bond acceptors (Lipinski definition) is 7. The third-order valence-electron chi connectivity index (χ3n) is 2.22. The molecule has 0 radical (unpaired) electrons. The van der Waals surface area contributed by atoms with E-state index in [-0.39, 0.29) is 6.04 Å². The fourth-order valence-electron chi connectivity index (χ4n) is 1.40. The Morgan fingerprint density at radius 2 is 1.86 bits per heavy atom. The summed E-state index contributed by atoms with van der Waals surface area (Å²) >= 11 is 13.2. The number of anilines is 2. The minimum absolute atomic E-state index is 0.215. The van der Waals surface area contributed by atoms with Gasteiger partial charge in [0.1, 0.15) is 5.03 Å². The van der Waals surface area contributed by atoms with E-state index in [1.807, 2.05) is 13.8 Å². The molecule has 0 aromatic carbocycles. The number of hydrogen-bond donors (Lipinski definition) is 2. The average Bonchev–Trinajstić information content (AvgIpc) is 2.41. The van der Waals surface area contributed by atoms with E-state index in [4.69, 9.17) is 23.2 Å². The molecular formula is C12H14Cl2N6S. The molecule has 2 N–H and O–H groups in total. The zero-order chi connectivity index (χ0) is 15.4. The summed E-state index contributed by atoms with van der Waals surface area (Å²) in [6.07, 6.45) is 1.53. The highest BCUT2D eigenvalue weighted by Gasteiger charge is 2.11. The monoisotopic (exact) mass is 344 g/mol. The number of aromatic nitrogens is 4. The zero-order valence-electron chi connectivity index (χ0n) is 11.7. The Morgan fingerprint density at radius 3 is 2.48 bits per heavy atom. The summed E-state index contributed by atoms with van der Waals surface area (Å²) in [5, 5.41) is 8.06. The summed E-state index contributed by atoms with van der Waals surface area (Å²) in [5.74, 6) is 0.970. The lowest BCUT2D eigenvalue weighted by atomic mass is 10.4. The van der Waals surface area contributed by atoms with Crippen LogP contribution < -0.4 is 10.6 Å². The molecule has 2 rings (SSSR count). The van der Waals surface area contributed by atoms with Gasteiger partial charge >= 0.3 is 0 Å². The second-order valence-corrected chi connectivity index (χ2v) is 6.16. The summed E-state index contributed by atoms with van der Waals surface area (Å²) in [6, 6.07) is 1.85. The quantitative estimate of drug-likeness (QED) is 0.858. The van der Waals surface area contributed by atoms with Crippen molar-refractivity contribution >= 4 is 46.9 Å². The van der Waals surface area contributed by atoms with Gasteiger partial charge in [-0.1, -0.05) is 23.2 Å². The van der Waals surface area contributed by atoms with Gasteiger partial charge in [0.15, 0.2) is 0 Å². The Kier molecular flexibility index (Phi) is 5.44. The van der Waals surface area contributed by atoms with Crippen molar-refractivity contribution in [3.8, 4) is 0 Å². The maximum Gasteiger partial charge on any atom is 0.228 e. The van der Waals surface area contributed by atoms with E-state index >= 15 is 0 Å². The lowest BCUT2D eigenvalue weighted by Gasteiger charge is -2.10. The molecule has 2 heterocycles. The second-order valence-electron chi connectivity index (χ2n) is 4.36. The van der Waals surface area contributed by atoms with Crippen molar-refractivity contribution in [1.29, 1.82) is 0 Å². The largest absolute Gasteiger partial charge is 0.357 e. The number of halogens is 2. The molecule has 21 heavy (non-hydrogen) atoms. The van der Waals surface area contributed by atoms with E-state index in [1.165, 1.54) is 18.0 Å². The van der Waals surface area contributed by atoms with E-state index in [1.54, 1.807) is 13.1 Å². The van der Waals surface area contributed by atoms with Crippen LogP contribution in [-0.4, -0.2) is 33.0 Å². The maximum atomic E-state index is 6.11. The van der Waals surface area contributed by atoms with Gasteiger partial charge in [-0.15, -0.1) is 0 Å². The van der Waals surface area contributed by atoms with Crippen LogP contribution in [-0.2, 0) is 0 Å². The third-order valence-corrected chi connectivity index (χ3v) is 3.71. The molecule has 9 heteroatoms. The van der Waals surface area contributed by atoms with E-state index in [0.717, 1.165) is 0 Å². The Balaban J connectivity index is 2.29. The number of rotatable bonds is 5. The topological polar surface area (TPSA) is 75.6 Å². The van der Waals surface area contributed by atoms with Crippen molar-refractivity contribution in [3.63, 3.8) is 0 Å². The highest BCUT2D eigenvalue weighted by atomic mass is 35.5. The maximum absolute atomic E-state index is 6.11. The van der Waals surface area contributed by atoms with Gasteiger partial charge in [0.2, 0.25) is 17.1 Å². The van der Waals surface area contributed by atoms with Crippen LogP contribution in [0.3, 0.4) is 0 Å². The Morgan fingerprint density at radius 1 is 1.14 bits per heavy atom. The smallest absolute Gasteiger partial charge is 0.228 e. The Bertz CT molecular complexity index is 637. The van der Waals surface area contributed by atoms with E-state index in [9.17, 15) is 0 Å². The second kappa shape index (κ2) is 7.11. The summed E-state index contributed by atoms with van der Waals surface area (Å²) < 4.78 is 0. The third kappa shape index (κ3) is 4.59. The first kappa shape index (κ1) is 16.1. The van der Waals surface area contributed by atoms with Crippen molar-refractivity contribution in [3.05, 3.63) is 22.3 Å². The van der Waals surface area contributed by atoms with Gasteiger partial charge in [0.25, 0.3) is 0 Å². The molecule has 0 aliphatic carbocycles. The molecule has 2 aromatic heterocycles. The van der Waals surface area contributed by atoms with Crippen molar-refractivity contribution in [2.45, 2.75) is 30.1 Å². The molecule has 0 spiro atoms. The summed E-state index contributed by atoms with van der Waals surface area (Å²) in [6.45, 7) is 4.01. The molecule has 0 aliphatic rings. The molecule has 0 saturated carbocycles. The zero-order valence-corrected chi connectivity index (χ0v) is 14.0. The molecule has 2 aromatic rings. The molecule has 0 saturated heterocycles. The first-order chi connectivity index (χ1) is 9.97. The van der Waals surface area contributed by atoms with Gasteiger partial charge in [-0.05, 0) is 31.7 Å². The Hall–Kier alpha value is -1.31. The molecule has 0 atom stereocenters. The predicted molar refractivity (Wildman–Crippen MR) is 86.5 cm³/mol. The van der Waals surface area contributed by atoms with Crippen LogP contribution in [0.5, 0.6) is 0 Å². The minimum Gasteiger partial charge on any atom is -0.357 e. The minimum atomic E-state index is 0.215. The van der Waals surface area contributed by atoms with Crippen LogP contribution in [0.15, 0.2) is 22.4 Å². The molecule has 0 unspecified atom stereocenters. The molecule has 0 aliphatic heterocycles. The van der Waals surface area contributed by atoms with Gasteiger partial charge in [-0.25, -0.2) is 4.98 Å². The Labute approximate surface area is 137 Å². The first-order valence-corrected chi connectivity index (χ1v) is 7.74. The SMILES string of the molecule is CNc1nc(NC(C)C)nc(Sc2ncc(Cl)cc2Cl)n1. The number of pyridine rings is 1. The molecular weight excluding hydrogens is 331 g/mol. The van der Waals surface area contributed by atoms with Crippen LogP contribution in [0.4, 0.5) is 11.9 Å². The molecule has 6 nitrogen and oxygen atoms in total. The molecule has 0 amide bonds. The van der Waals surface area contributed by atoms with Crippen molar-refractivity contribution in [2.24, 2.45) is 0 Å². The van der Waals surface area contributed by atoms with E-state index < -0.39 is 0 Å². The fraction of sp³-hybridized carbons (Fsp3) is 0.333. The molecule has 112 valence electrons. The van der Waals surface area contributed by atoms with Crippen molar-refractivity contribution in [2.75, 3.05) is 17.7 Å². The van der Waals surface area contributed by atoms with Crippen LogP contribution in [0, 0.1) is 0 Å². The number of nitrogens with zero attached hydrogens (tertiary/aromatic N) is 4. The fourth-order valence-corrected chi connectivity index (χ4v) is 2.60. The summed E-state index contributed by atoms with van der Waals surface area (Å²) in [4.78, 5) is 17.0. The van der Waals surface area contributed by atoms with Crippen LogP contribution in [0.25, 0.3) is 0 Å². The van der Waals surface area contributed by atoms with Gasteiger partial charge in [-0.2, -0.15) is 15.0 Å². The normalized spacial score (nSPS) is 10.8. The standard InChI is InChI=1S/C12H14Cl2N6S/c1-6(2)17-11-18-10(15-3)19-12(20-11)21-9-8(14)4-7(13)5-16-9/h4-6H,1-3H3,(H2,15,17,18,19,20). The van der Waals surface area contributed by atoms with Crippen LogP contribution in [0.1, 0.15) is 13.8 Å². The van der Waals surface area contributed by atoms with Gasteiger partial charge in [-0.3, -0.25) is 0 Å². The summed E-state index contributed by atoms with van der Waals surface area (Å²) in [5.41, 5.74) is 0. The van der Waals surface area contributed by atoms with E-state index in [2.05, 4.69) is 30.6 Å². The first-order valence-electron chi connectivity index (χ1n) is 6.17. The van der Waals surface area contributed by atoms with E-state index in [0.29, 0.717) is 32.1 Å². The molecule has 0 fully saturated rings. The predicted octanol–water partition coefficient (Wildman–Crippen LogP) is 3.59. The lowest BCUT2D eigenvalue weighted by molar-refractivity contribution is 0.837. The highest BCUT2D eigenvalue weighted by molar-refractivity contribution is 7.99. The van der Waals surface area contributed by atoms with Crippen molar-refractivity contribution < 1.29 is 0 Å². The molecule has 0 bridgehead atoms. The van der Waals surface area contributed by atoms with Crippen LogP contribution >= 0.6 is 35.0 Å². The van der Waals surface area contributed by atoms with Gasteiger partial charge < -0.3 is 10.6 Å². The summed E-state index contributed by atoms with van der Waals surface area (Å²) in [7, 11) is 1.75. The lowest BCUT2D eigenvalue weighted by Crippen LogP contribution is -2.14. The van der Waals surface area contributed by atoms with Gasteiger partial charge in [0, 0.05) is 19.3 Å².